The van der Waals surface area contributed by atoms with Gasteiger partial charge in [-0.2, -0.15) is 0 Å². The van der Waals surface area contributed by atoms with Crippen molar-refractivity contribution in [2.45, 2.75) is 27.1 Å². The lowest BCUT2D eigenvalue weighted by molar-refractivity contribution is -0.161. The van der Waals surface area contributed by atoms with Crippen LogP contribution in [0.4, 0.5) is 0 Å². The van der Waals surface area contributed by atoms with Gasteiger partial charge in [-0.25, -0.2) is 0 Å². The Labute approximate surface area is 132 Å². The topological polar surface area (TPSA) is 52.6 Å². The van der Waals surface area contributed by atoms with Gasteiger partial charge in [0.05, 0.1) is 17.3 Å². The third-order valence-electron chi connectivity index (χ3n) is 2.23. The zero-order valence-electron chi connectivity index (χ0n) is 17.2. The molecule has 0 N–H and O–H groups in total. The Morgan fingerprint density at radius 2 is 1.90 bits per heavy atom. The van der Waals surface area contributed by atoms with E-state index in [1.807, 2.05) is 0 Å². The van der Waals surface area contributed by atoms with E-state index in [-0.39, 0.29) is 24.8 Å². The van der Waals surface area contributed by atoms with Crippen LogP contribution in [0.15, 0.2) is 24.2 Å². The Hall–Kier alpha value is -2.28. The number of carbonyl (C=O) groups is 2. The molecule has 0 radical (unpaired) electrons. The van der Waals surface area contributed by atoms with Crippen molar-refractivity contribution in [3.63, 3.8) is 0 Å². The van der Waals surface area contributed by atoms with Crippen LogP contribution in [0, 0.1) is 17.7 Å². The van der Waals surface area contributed by atoms with Crippen molar-refractivity contribution in [2.75, 3.05) is 13.2 Å². The normalized spacial score (nSPS) is 14.3. The summed E-state index contributed by atoms with van der Waals surface area (Å²) in [6, 6.07) is 1.51. The molecule has 4 heteroatoms. The van der Waals surface area contributed by atoms with E-state index in [1.165, 1.54) is 19.9 Å². The third-order valence-corrected chi connectivity index (χ3v) is 2.23. The predicted octanol–water partition coefficient (Wildman–Crippen LogP) is 2.34. The van der Waals surface area contributed by atoms with Gasteiger partial charge < -0.3 is 9.47 Å². The van der Waals surface area contributed by atoms with Gasteiger partial charge in [-0.3, -0.25) is 9.59 Å². The van der Waals surface area contributed by atoms with E-state index in [2.05, 4.69) is 11.8 Å². The van der Waals surface area contributed by atoms with Crippen molar-refractivity contribution in [3.8, 4) is 11.8 Å². The van der Waals surface area contributed by atoms with Crippen molar-refractivity contribution in [1.29, 1.82) is 0 Å². The van der Waals surface area contributed by atoms with E-state index in [4.69, 9.17) is 16.3 Å². The first kappa shape index (κ1) is 10.4. The average Bonchev–Trinajstić information content (AvgIpc) is 2.58. The molecule has 0 bridgehead atoms. The van der Waals surface area contributed by atoms with Crippen molar-refractivity contribution in [1.82, 2.24) is 0 Å². The number of hydrogen-bond donors (Lipinski definition) is 0. The van der Waals surface area contributed by atoms with E-state index in [0.717, 1.165) is 6.07 Å². The van der Waals surface area contributed by atoms with Crippen molar-refractivity contribution in [3.05, 3.63) is 35.3 Å². The van der Waals surface area contributed by atoms with Gasteiger partial charge in [0.2, 0.25) is 0 Å². The SMILES string of the molecule is [2H]c1c(C#CC)ccc(C([2H])([2H])C([2H])(C(=O)OCC)C(=O)OCC)c1[2H]. The Kier molecular flexibility index (Phi) is 4.38. The fourth-order valence-corrected chi connectivity index (χ4v) is 1.39. The van der Waals surface area contributed by atoms with Gasteiger partial charge in [0, 0.05) is 8.30 Å². The van der Waals surface area contributed by atoms with Crippen molar-refractivity contribution < 1.29 is 25.9 Å². The number of ether oxygens (including phenoxy) is 2. The van der Waals surface area contributed by atoms with Crippen LogP contribution in [-0.4, -0.2) is 25.2 Å². The zero-order valence-corrected chi connectivity index (χ0v) is 12.2. The minimum Gasteiger partial charge on any atom is -0.465 e. The first-order chi connectivity index (χ1) is 12.1. The highest BCUT2D eigenvalue weighted by Crippen LogP contribution is 2.14. The summed E-state index contributed by atoms with van der Waals surface area (Å²) in [6.07, 6.45) is -2.98. The molecule has 0 amide bonds. The molecule has 1 aromatic rings. The van der Waals surface area contributed by atoms with Crippen LogP contribution >= 0.6 is 0 Å². The largest absolute Gasteiger partial charge is 0.465 e. The number of rotatable bonds is 6. The molecule has 112 valence electrons. The lowest BCUT2D eigenvalue weighted by Crippen LogP contribution is -2.30. The monoisotopic (exact) mass is 293 g/mol. The summed E-state index contributed by atoms with van der Waals surface area (Å²) in [6.45, 7) is 4.12. The molecule has 0 aliphatic carbocycles. The standard InChI is InChI=1S/C17H20O4/c1-4-7-13-8-10-14(11-9-13)12-15(16(18)20-5-2)17(19)21-6-3/h8-11,15H,5-6,12H2,1-3H3/i8D,10D,12D2,15D. The Bertz CT molecular complexity index is 746. The fourth-order valence-electron chi connectivity index (χ4n) is 1.39. The second-order valence-electron chi connectivity index (χ2n) is 3.73. The molecule has 1 rings (SSSR count). The highest BCUT2D eigenvalue weighted by atomic mass is 16.6. The summed E-state index contributed by atoms with van der Waals surface area (Å²) < 4.78 is 50.3. The maximum atomic E-state index is 12.3. The molecule has 21 heavy (non-hydrogen) atoms. The molecule has 0 heterocycles. The molecule has 0 unspecified atom stereocenters. The minimum absolute atomic E-state index is 0.169. The molecule has 4 nitrogen and oxygen atoms in total. The fraction of sp³-hybridized carbons (Fsp3) is 0.412. The van der Waals surface area contributed by atoms with Gasteiger partial charge in [0.1, 0.15) is 0 Å². The summed E-state index contributed by atoms with van der Waals surface area (Å²) in [5, 5.41) is 0. The van der Waals surface area contributed by atoms with Gasteiger partial charge in [0.15, 0.2) is 5.89 Å². The van der Waals surface area contributed by atoms with Gasteiger partial charge in [0.25, 0.3) is 0 Å². The number of carbonyl (C=O) groups excluding carboxylic acids is 2. The van der Waals surface area contributed by atoms with Crippen LogP contribution in [-0.2, 0) is 25.4 Å². The summed E-state index contributed by atoms with van der Waals surface area (Å²) >= 11 is 0. The number of benzene rings is 1. The Morgan fingerprint density at radius 3 is 2.43 bits per heavy atom. The first-order valence-corrected chi connectivity index (χ1v) is 6.47. The quantitative estimate of drug-likeness (QED) is 0.459. The van der Waals surface area contributed by atoms with Crippen LogP contribution < -0.4 is 0 Å². The molecule has 0 spiro atoms. The Balaban J connectivity index is 3.64. The lowest BCUT2D eigenvalue weighted by Gasteiger charge is -2.14. The van der Waals surface area contributed by atoms with Crippen LogP contribution in [0.25, 0.3) is 0 Å². The van der Waals surface area contributed by atoms with E-state index in [0.29, 0.717) is 0 Å². The van der Waals surface area contributed by atoms with E-state index >= 15 is 0 Å². The average molecular weight is 293 g/mol. The second kappa shape index (κ2) is 8.80. The maximum Gasteiger partial charge on any atom is 0.320 e. The molecular weight excluding hydrogens is 268 g/mol. The lowest BCUT2D eigenvalue weighted by atomic mass is 9.98. The third kappa shape index (κ3) is 5.31. The minimum atomic E-state index is -3.08. The van der Waals surface area contributed by atoms with Crippen molar-refractivity contribution >= 4 is 11.9 Å². The molecule has 0 saturated heterocycles. The molecule has 0 aromatic heterocycles. The van der Waals surface area contributed by atoms with E-state index in [1.54, 1.807) is 6.92 Å². The molecule has 1 aromatic carbocycles. The van der Waals surface area contributed by atoms with Crippen molar-refractivity contribution in [2.24, 2.45) is 5.89 Å². The summed E-state index contributed by atoms with van der Waals surface area (Å²) in [4.78, 5) is 24.6. The Morgan fingerprint density at radius 1 is 1.29 bits per heavy atom. The maximum absolute atomic E-state index is 12.3. The van der Waals surface area contributed by atoms with E-state index < -0.39 is 35.8 Å². The van der Waals surface area contributed by atoms with Gasteiger partial charge in [-0.1, -0.05) is 18.0 Å². The molecule has 0 saturated carbocycles. The highest BCUT2D eigenvalue weighted by Gasteiger charge is 2.29. The van der Waals surface area contributed by atoms with Crippen LogP contribution in [0.3, 0.4) is 0 Å². The summed E-state index contributed by atoms with van der Waals surface area (Å²) in [5.74, 6) is -0.744. The van der Waals surface area contributed by atoms with Gasteiger partial charge in [-0.15, -0.1) is 5.92 Å². The molecule has 0 fully saturated rings. The predicted molar refractivity (Wildman–Crippen MR) is 79.5 cm³/mol. The number of hydrogen-bond acceptors (Lipinski definition) is 4. The zero-order chi connectivity index (χ0) is 20.1. The number of esters is 2. The smallest absolute Gasteiger partial charge is 0.320 e. The first-order valence-electron chi connectivity index (χ1n) is 8.97. The summed E-state index contributed by atoms with van der Waals surface area (Å²) in [5.41, 5.74) is -0.278. The highest BCUT2D eigenvalue weighted by molar-refractivity contribution is 5.95. The molecule has 0 atom stereocenters. The van der Waals surface area contributed by atoms with Crippen LogP contribution in [0.2, 0.25) is 0 Å². The molecule has 0 aliphatic rings. The van der Waals surface area contributed by atoms with E-state index in [9.17, 15) is 9.59 Å². The van der Waals surface area contributed by atoms with Crippen LogP contribution in [0.1, 0.15) is 38.8 Å². The summed E-state index contributed by atoms with van der Waals surface area (Å²) in [7, 11) is 0. The second-order valence-corrected chi connectivity index (χ2v) is 3.73. The molecule has 0 aliphatic heterocycles. The van der Waals surface area contributed by atoms with Gasteiger partial charge >= 0.3 is 11.9 Å². The molecular formula is C17H20O4. The van der Waals surface area contributed by atoms with Crippen LogP contribution in [0.5, 0.6) is 0 Å². The van der Waals surface area contributed by atoms with Gasteiger partial charge in [-0.05, 0) is 44.8 Å².